The maximum Gasteiger partial charge on any atom is 0.307 e. The Hall–Kier alpha value is -3.08. The fourth-order valence-electron chi connectivity index (χ4n) is 4.60. The van der Waals surface area contributed by atoms with Crippen LogP contribution in [0.2, 0.25) is 0 Å². The van der Waals surface area contributed by atoms with E-state index in [0.717, 1.165) is 47.6 Å². The van der Waals surface area contributed by atoms with Crippen LogP contribution in [0.25, 0.3) is 10.8 Å². The van der Waals surface area contributed by atoms with E-state index in [1.165, 1.54) is 4.90 Å². The number of carbonyl (C=O) groups is 2. The summed E-state index contributed by atoms with van der Waals surface area (Å²) in [6.07, 6.45) is 3.45. The number of alkyl halides is 2. The molecule has 1 fully saturated rings. The summed E-state index contributed by atoms with van der Waals surface area (Å²) in [7, 11) is 0. The molecule has 172 valence electrons. The van der Waals surface area contributed by atoms with Crippen molar-refractivity contribution in [3.05, 3.63) is 77.9 Å². The van der Waals surface area contributed by atoms with Crippen molar-refractivity contribution in [2.24, 2.45) is 0 Å². The molecule has 5 heteroatoms. The Balaban J connectivity index is 1.59. The van der Waals surface area contributed by atoms with Crippen LogP contribution in [0.1, 0.15) is 50.2 Å². The van der Waals surface area contributed by atoms with Crippen molar-refractivity contribution in [3.63, 3.8) is 0 Å². The molecule has 0 bridgehead atoms. The van der Waals surface area contributed by atoms with Gasteiger partial charge in [0.15, 0.2) is 0 Å². The Bertz CT molecular complexity index is 1140. The lowest BCUT2D eigenvalue weighted by atomic mass is 10.0. The molecule has 0 radical (unpaired) electrons. The first-order valence-electron chi connectivity index (χ1n) is 11.7. The Labute approximate surface area is 193 Å². The van der Waals surface area contributed by atoms with Crippen molar-refractivity contribution in [1.29, 1.82) is 0 Å². The van der Waals surface area contributed by atoms with Gasteiger partial charge in [0.05, 0.1) is 12.5 Å². The number of benzene rings is 3. The predicted molar refractivity (Wildman–Crippen MR) is 128 cm³/mol. The molecule has 0 unspecified atom stereocenters. The first-order valence-corrected chi connectivity index (χ1v) is 11.7. The van der Waals surface area contributed by atoms with Crippen molar-refractivity contribution in [1.82, 2.24) is 0 Å². The smallest absolute Gasteiger partial charge is 0.307 e. The van der Waals surface area contributed by atoms with Crippen LogP contribution in [0.15, 0.2) is 66.7 Å². The highest BCUT2D eigenvalue weighted by molar-refractivity contribution is 5.98. The molecule has 1 saturated carbocycles. The minimum absolute atomic E-state index is 0.0827. The lowest BCUT2D eigenvalue weighted by molar-refractivity contribution is -0.138. The van der Waals surface area contributed by atoms with Crippen LogP contribution < -0.4 is 4.90 Å². The Kier molecular flexibility index (Phi) is 6.87. The van der Waals surface area contributed by atoms with Crippen LogP contribution >= 0.6 is 0 Å². The molecule has 3 aromatic rings. The molecule has 0 N–H and O–H groups in total. The zero-order valence-corrected chi connectivity index (χ0v) is 18.9. The van der Waals surface area contributed by atoms with E-state index in [9.17, 15) is 18.4 Å². The van der Waals surface area contributed by atoms with Crippen LogP contribution in [-0.2, 0) is 22.4 Å². The molecule has 0 aromatic heterocycles. The van der Waals surface area contributed by atoms with Crippen LogP contribution in [0.5, 0.6) is 0 Å². The summed E-state index contributed by atoms with van der Waals surface area (Å²) in [5, 5.41) is 2.10. The van der Waals surface area contributed by atoms with Crippen LogP contribution in [0.4, 0.5) is 14.5 Å². The molecule has 1 amide bonds. The molecule has 4 rings (SSSR count). The number of ketones is 1. The van der Waals surface area contributed by atoms with Crippen molar-refractivity contribution in [2.45, 2.75) is 63.8 Å². The van der Waals surface area contributed by atoms with Gasteiger partial charge in [-0.15, -0.1) is 0 Å². The lowest BCUT2D eigenvalue weighted by Gasteiger charge is -2.29. The quantitative estimate of drug-likeness (QED) is 0.367. The Morgan fingerprint density at radius 1 is 0.970 bits per heavy atom. The summed E-state index contributed by atoms with van der Waals surface area (Å²) < 4.78 is 28.2. The number of carbonyl (C=O) groups excluding carboxylic acids is 2. The van der Waals surface area contributed by atoms with E-state index in [4.69, 9.17) is 0 Å². The van der Waals surface area contributed by atoms with Crippen LogP contribution in [-0.4, -0.2) is 23.7 Å². The second kappa shape index (κ2) is 9.82. The summed E-state index contributed by atoms with van der Waals surface area (Å²) in [5.74, 6) is -4.75. The number of halogens is 2. The maximum absolute atomic E-state index is 14.1. The third-order valence-corrected chi connectivity index (χ3v) is 6.41. The molecule has 0 aliphatic heterocycles. The molecule has 33 heavy (non-hydrogen) atoms. The van der Waals surface area contributed by atoms with E-state index in [2.05, 4.69) is 6.92 Å². The number of anilines is 1. The van der Waals surface area contributed by atoms with Gasteiger partial charge >= 0.3 is 5.92 Å². The van der Waals surface area contributed by atoms with Crippen LogP contribution in [0, 0.1) is 0 Å². The van der Waals surface area contributed by atoms with Gasteiger partial charge in [0.1, 0.15) is 0 Å². The molecular formula is C28H29F2NO2. The van der Waals surface area contributed by atoms with E-state index in [1.807, 2.05) is 66.7 Å². The summed E-state index contributed by atoms with van der Waals surface area (Å²) in [4.78, 5) is 26.7. The number of unbranched alkanes of at least 4 members (excludes halogenated alkanes) is 2. The minimum Gasteiger partial charge on any atom is -0.308 e. The van der Waals surface area contributed by atoms with Gasteiger partial charge < -0.3 is 4.90 Å². The van der Waals surface area contributed by atoms with Crippen LogP contribution in [0.3, 0.4) is 0 Å². The first-order chi connectivity index (χ1) is 15.9. The third kappa shape index (κ3) is 5.29. The Morgan fingerprint density at radius 3 is 2.33 bits per heavy atom. The second-order valence-corrected chi connectivity index (χ2v) is 8.94. The molecule has 1 aliphatic carbocycles. The standard InChI is InChI=1S/C28H29F2NO2/c1-2-3-4-7-20-11-14-24(15-12-20)31(25-18-26(32)28(29,30)19-25)27(33)17-21-10-13-22-8-5-6-9-23(22)16-21/h5-6,8-16,25H,2-4,7,17-19H2,1H3/t25-/m1/s1. The number of fused-ring (bicyclic) bond motifs is 1. The number of hydrogen-bond donors (Lipinski definition) is 0. The topological polar surface area (TPSA) is 37.4 Å². The molecule has 1 atom stereocenters. The number of aryl methyl sites for hydroxylation is 1. The van der Waals surface area contributed by atoms with Gasteiger partial charge in [-0.3, -0.25) is 9.59 Å². The zero-order chi connectivity index (χ0) is 23.4. The highest BCUT2D eigenvalue weighted by atomic mass is 19.3. The number of Topliss-reactive ketones (excluding diaryl/α,β-unsaturated/α-hetero) is 1. The third-order valence-electron chi connectivity index (χ3n) is 6.41. The highest BCUT2D eigenvalue weighted by Crippen LogP contribution is 2.37. The fourth-order valence-corrected chi connectivity index (χ4v) is 4.60. The minimum atomic E-state index is -3.38. The number of rotatable bonds is 8. The fraction of sp³-hybridized carbons (Fsp3) is 0.357. The van der Waals surface area contributed by atoms with Crippen molar-refractivity contribution < 1.29 is 18.4 Å². The molecule has 3 nitrogen and oxygen atoms in total. The first kappa shape index (κ1) is 23.1. The lowest BCUT2D eigenvalue weighted by Crippen LogP contribution is -2.40. The van der Waals surface area contributed by atoms with Crippen molar-refractivity contribution in [3.8, 4) is 0 Å². The highest BCUT2D eigenvalue weighted by Gasteiger charge is 2.50. The van der Waals surface area contributed by atoms with Gasteiger partial charge in [-0.05, 0) is 46.9 Å². The van der Waals surface area contributed by atoms with E-state index < -0.39 is 24.2 Å². The molecule has 0 spiro atoms. The van der Waals surface area contributed by atoms with Gasteiger partial charge in [0.2, 0.25) is 11.7 Å². The molecule has 1 aliphatic rings. The second-order valence-electron chi connectivity index (χ2n) is 8.94. The van der Waals surface area contributed by atoms with Crippen molar-refractivity contribution in [2.75, 3.05) is 4.90 Å². The summed E-state index contributed by atoms with van der Waals surface area (Å²) >= 11 is 0. The van der Waals surface area contributed by atoms with Gasteiger partial charge in [-0.2, -0.15) is 8.78 Å². The van der Waals surface area contributed by atoms with Crippen molar-refractivity contribution >= 4 is 28.2 Å². The molecule has 3 aromatic carbocycles. The SMILES string of the molecule is CCCCCc1ccc(N(C(=O)Cc2ccc3ccccc3c2)[C@@H]2CC(=O)C(F)(F)C2)cc1. The average molecular weight is 450 g/mol. The van der Waals surface area contributed by atoms with Gasteiger partial charge in [-0.1, -0.05) is 74.4 Å². The summed E-state index contributed by atoms with van der Waals surface area (Å²) in [6.45, 7) is 2.15. The largest absolute Gasteiger partial charge is 0.308 e. The summed E-state index contributed by atoms with van der Waals surface area (Å²) in [6, 6.07) is 20.4. The number of hydrogen-bond acceptors (Lipinski definition) is 2. The molecular weight excluding hydrogens is 420 g/mol. The normalized spacial score (nSPS) is 17.4. The zero-order valence-electron chi connectivity index (χ0n) is 18.9. The monoisotopic (exact) mass is 449 g/mol. The number of amides is 1. The predicted octanol–water partition coefficient (Wildman–Crippen LogP) is 6.52. The number of nitrogens with zero attached hydrogens (tertiary/aromatic N) is 1. The van der Waals surface area contributed by atoms with Gasteiger partial charge in [0, 0.05) is 18.5 Å². The molecule has 0 saturated heterocycles. The van der Waals surface area contributed by atoms with Gasteiger partial charge in [0.25, 0.3) is 0 Å². The van der Waals surface area contributed by atoms with E-state index >= 15 is 0 Å². The van der Waals surface area contributed by atoms with Gasteiger partial charge in [-0.25, -0.2) is 0 Å². The van der Waals surface area contributed by atoms with E-state index in [-0.39, 0.29) is 18.7 Å². The molecule has 0 heterocycles. The maximum atomic E-state index is 14.1. The average Bonchev–Trinajstić information content (AvgIpc) is 3.06. The Morgan fingerprint density at radius 2 is 1.67 bits per heavy atom. The van der Waals surface area contributed by atoms with E-state index in [0.29, 0.717) is 5.69 Å². The summed E-state index contributed by atoms with van der Waals surface area (Å²) in [5.41, 5.74) is 2.54. The van der Waals surface area contributed by atoms with E-state index in [1.54, 1.807) is 0 Å².